The molecule has 0 atom stereocenters. The Hall–Kier alpha value is -1.91. The third-order valence-electron chi connectivity index (χ3n) is 2.48. The number of hydrogen-bond donors (Lipinski definition) is 1. The van der Waals surface area contributed by atoms with E-state index < -0.39 is 10.0 Å². The van der Waals surface area contributed by atoms with Gasteiger partial charge in [-0.05, 0) is 17.2 Å². The fraction of sp³-hybridized carbons (Fsp3) is 0. The van der Waals surface area contributed by atoms with E-state index in [9.17, 15) is 8.42 Å². The molecule has 0 spiro atoms. The van der Waals surface area contributed by atoms with E-state index in [1.54, 1.807) is 24.3 Å². The minimum absolute atomic E-state index is 0.136. The van der Waals surface area contributed by atoms with Crippen LogP contribution in [0.5, 0.6) is 0 Å². The Morgan fingerprint density at radius 2 is 1.44 bits per heavy atom. The molecule has 2 rings (SSSR count). The molecule has 0 aliphatic carbocycles. The van der Waals surface area contributed by atoms with Crippen molar-refractivity contribution in [2.45, 2.75) is 4.90 Å². The number of primary sulfonamides is 1. The molecular weight excluding hydrogens is 246 g/mol. The quantitative estimate of drug-likeness (QED) is 0.861. The van der Waals surface area contributed by atoms with Crippen LogP contribution in [0.4, 0.5) is 0 Å². The molecule has 0 amide bonds. The van der Waals surface area contributed by atoms with Crippen LogP contribution in [-0.2, 0) is 10.0 Å². The summed E-state index contributed by atoms with van der Waals surface area (Å²) in [6, 6.07) is 16.3. The standard InChI is InChI=1S/C14H13NO2S/c15-18(16,17)14-9-5-4-8-13(14)11-10-12-6-2-1-3-7-12/h1-11H,(H2,15,16,17). The van der Waals surface area contributed by atoms with Gasteiger partial charge in [0.25, 0.3) is 0 Å². The van der Waals surface area contributed by atoms with Crippen molar-refractivity contribution in [1.29, 1.82) is 0 Å². The Morgan fingerprint density at radius 3 is 2.11 bits per heavy atom. The van der Waals surface area contributed by atoms with Crippen LogP contribution < -0.4 is 5.14 Å². The lowest BCUT2D eigenvalue weighted by molar-refractivity contribution is 0.597. The minimum Gasteiger partial charge on any atom is -0.225 e. The Morgan fingerprint density at radius 1 is 0.833 bits per heavy atom. The summed E-state index contributed by atoms with van der Waals surface area (Å²) < 4.78 is 22.8. The van der Waals surface area contributed by atoms with Gasteiger partial charge in [0.1, 0.15) is 0 Å². The molecule has 2 aromatic rings. The van der Waals surface area contributed by atoms with Gasteiger partial charge in [-0.25, -0.2) is 13.6 Å². The van der Waals surface area contributed by atoms with Crippen molar-refractivity contribution in [2.75, 3.05) is 0 Å². The van der Waals surface area contributed by atoms with E-state index in [1.165, 1.54) is 6.07 Å². The van der Waals surface area contributed by atoms with Crippen molar-refractivity contribution in [3.8, 4) is 0 Å². The predicted molar refractivity (Wildman–Crippen MR) is 73.2 cm³/mol. The Kier molecular flexibility index (Phi) is 3.60. The lowest BCUT2D eigenvalue weighted by Gasteiger charge is -2.02. The molecule has 3 nitrogen and oxygen atoms in total. The second-order valence-corrected chi connectivity index (χ2v) is 5.36. The molecular formula is C14H13NO2S. The summed E-state index contributed by atoms with van der Waals surface area (Å²) >= 11 is 0. The van der Waals surface area contributed by atoms with Gasteiger partial charge in [0.2, 0.25) is 10.0 Å². The van der Waals surface area contributed by atoms with Crippen LogP contribution in [0.1, 0.15) is 11.1 Å². The highest BCUT2D eigenvalue weighted by Crippen LogP contribution is 2.16. The molecule has 0 saturated heterocycles. The predicted octanol–water partition coefficient (Wildman–Crippen LogP) is 2.50. The second kappa shape index (κ2) is 5.16. The van der Waals surface area contributed by atoms with E-state index in [1.807, 2.05) is 36.4 Å². The smallest absolute Gasteiger partial charge is 0.225 e. The van der Waals surface area contributed by atoms with E-state index in [0.29, 0.717) is 5.56 Å². The van der Waals surface area contributed by atoms with Crippen molar-refractivity contribution in [3.63, 3.8) is 0 Å². The number of rotatable bonds is 3. The number of nitrogens with two attached hydrogens (primary N) is 1. The molecule has 0 bridgehead atoms. The molecule has 18 heavy (non-hydrogen) atoms. The van der Waals surface area contributed by atoms with Gasteiger partial charge in [0, 0.05) is 0 Å². The largest absolute Gasteiger partial charge is 0.238 e. The van der Waals surface area contributed by atoms with Crippen LogP contribution in [0.25, 0.3) is 12.2 Å². The van der Waals surface area contributed by atoms with Crippen molar-refractivity contribution in [2.24, 2.45) is 5.14 Å². The van der Waals surface area contributed by atoms with Crippen LogP contribution in [0.2, 0.25) is 0 Å². The first-order valence-corrected chi connectivity index (χ1v) is 6.97. The maximum absolute atomic E-state index is 11.4. The third-order valence-corrected chi connectivity index (χ3v) is 3.47. The van der Waals surface area contributed by atoms with E-state index in [2.05, 4.69) is 0 Å². The summed E-state index contributed by atoms with van der Waals surface area (Å²) in [6.07, 6.45) is 3.60. The van der Waals surface area contributed by atoms with Crippen molar-refractivity contribution >= 4 is 22.2 Å². The summed E-state index contributed by atoms with van der Waals surface area (Å²) in [5.74, 6) is 0. The zero-order chi connectivity index (χ0) is 13.0. The monoisotopic (exact) mass is 259 g/mol. The zero-order valence-corrected chi connectivity index (χ0v) is 10.5. The van der Waals surface area contributed by atoms with Crippen molar-refractivity contribution in [1.82, 2.24) is 0 Å². The fourth-order valence-corrected chi connectivity index (χ4v) is 2.36. The lowest BCUT2D eigenvalue weighted by atomic mass is 10.1. The zero-order valence-electron chi connectivity index (χ0n) is 9.65. The molecule has 0 aliphatic heterocycles. The average molecular weight is 259 g/mol. The van der Waals surface area contributed by atoms with Gasteiger partial charge >= 0.3 is 0 Å². The van der Waals surface area contributed by atoms with Gasteiger partial charge < -0.3 is 0 Å². The average Bonchev–Trinajstić information content (AvgIpc) is 2.37. The highest BCUT2D eigenvalue weighted by atomic mass is 32.2. The molecule has 0 heterocycles. The van der Waals surface area contributed by atoms with Gasteiger partial charge in [-0.1, -0.05) is 60.7 Å². The number of hydrogen-bond acceptors (Lipinski definition) is 2. The molecule has 0 aliphatic rings. The normalized spacial score (nSPS) is 11.8. The molecule has 2 aromatic carbocycles. The fourth-order valence-electron chi connectivity index (χ4n) is 1.63. The van der Waals surface area contributed by atoms with Crippen LogP contribution in [0, 0.1) is 0 Å². The molecule has 92 valence electrons. The van der Waals surface area contributed by atoms with Gasteiger partial charge in [0.05, 0.1) is 4.90 Å². The SMILES string of the molecule is NS(=O)(=O)c1ccccc1C=Cc1ccccc1. The molecule has 0 radical (unpaired) electrons. The van der Waals surface area contributed by atoms with Gasteiger partial charge in [-0.2, -0.15) is 0 Å². The van der Waals surface area contributed by atoms with Crippen LogP contribution in [0.3, 0.4) is 0 Å². The van der Waals surface area contributed by atoms with Crippen LogP contribution in [0.15, 0.2) is 59.5 Å². The van der Waals surface area contributed by atoms with E-state index >= 15 is 0 Å². The highest BCUT2D eigenvalue weighted by molar-refractivity contribution is 7.89. The molecule has 4 heteroatoms. The van der Waals surface area contributed by atoms with Crippen molar-refractivity contribution < 1.29 is 8.42 Å². The Labute approximate surface area is 107 Å². The van der Waals surface area contributed by atoms with Gasteiger partial charge in [-0.3, -0.25) is 0 Å². The van der Waals surface area contributed by atoms with Crippen LogP contribution >= 0.6 is 0 Å². The number of benzene rings is 2. The maximum atomic E-state index is 11.4. The minimum atomic E-state index is -3.69. The lowest BCUT2D eigenvalue weighted by Crippen LogP contribution is -2.13. The first kappa shape index (κ1) is 12.5. The molecule has 0 fully saturated rings. The first-order chi connectivity index (χ1) is 8.57. The maximum Gasteiger partial charge on any atom is 0.238 e. The Bertz CT molecular complexity index is 661. The van der Waals surface area contributed by atoms with E-state index in [-0.39, 0.29) is 4.90 Å². The van der Waals surface area contributed by atoms with Gasteiger partial charge in [-0.15, -0.1) is 0 Å². The summed E-state index contributed by atoms with van der Waals surface area (Å²) in [6.45, 7) is 0. The molecule has 0 saturated carbocycles. The van der Waals surface area contributed by atoms with Crippen molar-refractivity contribution in [3.05, 3.63) is 65.7 Å². The highest BCUT2D eigenvalue weighted by Gasteiger charge is 2.10. The summed E-state index contributed by atoms with van der Waals surface area (Å²) in [4.78, 5) is 0.136. The van der Waals surface area contributed by atoms with E-state index in [0.717, 1.165) is 5.56 Å². The summed E-state index contributed by atoms with van der Waals surface area (Å²) in [5, 5.41) is 5.16. The molecule has 0 unspecified atom stereocenters. The molecule has 2 N–H and O–H groups in total. The van der Waals surface area contributed by atoms with Gasteiger partial charge in [0.15, 0.2) is 0 Å². The number of sulfonamides is 1. The third kappa shape index (κ3) is 3.06. The summed E-state index contributed by atoms with van der Waals surface area (Å²) in [7, 11) is -3.69. The topological polar surface area (TPSA) is 60.2 Å². The van der Waals surface area contributed by atoms with Crippen LogP contribution in [-0.4, -0.2) is 8.42 Å². The second-order valence-electron chi connectivity index (χ2n) is 3.83. The molecule has 0 aromatic heterocycles. The Balaban J connectivity index is 2.39. The van der Waals surface area contributed by atoms with E-state index in [4.69, 9.17) is 5.14 Å². The summed E-state index contributed by atoms with van der Waals surface area (Å²) in [5.41, 5.74) is 1.59. The first-order valence-electron chi connectivity index (χ1n) is 5.42.